The van der Waals surface area contributed by atoms with E-state index in [0.717, 1.165) is 44.9 Å². The van der Waals surface area contributed by atoms with Crippen LogP contribution in [0.25, 0.3) is 0 Å². The number of aliphatic carboxylic acids is 1. The summed E-state index contributed by atoms with van der Waals surface area (Å²) in [5.74, 6) is -1.98. The van der Waals surface area contributed by atoms with Crippen LogP contribution in [0.15, 0.2) is 36.5 Å². The van der Waals surface area contributed by atoms with Gasteiger partial charge in [0.15, 0.2) is 6.10 Å². The standard InChI is InChI=1S/C72H135NO8/c1-6-8-10-12-14-16-18-20-22-24-26-28-30-32-34-35-37-39-41-43-45-47-49-51-53-55-57-59-61-63-70(75)81-68(67-80-72(71(76)77)78-65-64-73(3,4)5)66-79-69(74)62-60-58-56-54-52-50-48-46-44-42-40-38-36-33-31-29-27-25-23-21-19-17-15-13-11-9-7-2/h18,20,24-27,68,72H,6-17,19,21-23,28-67H2,1-5H3/p+1/b20-18-,26-24-,27-25-. The van der Waals surface area contributed by atoms with Gasteiger partial charge in [0.1, 0.15) is 13.2 Å². The maximum Gasteiger partial charge on any atom is 0.361 e. The molecule has 81 heavy (non-hydrogen) atoms. The molecule has 0 radical (unpaired) electrons. The van der Waals surface area contributed by atoms with Gasteiger partial charge in [-0.1, -0.05) is 301 Å². The zero-order valence-electron chi connectivity index (χ0n) is 54.5. The van der Waals surface area contributed by atoms with Crippen LogP contribution < -0.4 is 0 Å². The first-order valence-corrected chi connectivity index (χ1v) is 35.2. The second kappa shape index (κ2) is 63.5. The summed E-state index contributed by atoms with van der Waals surface area (Å²) in [6, 6.07) is 0. The van der Waals surface area contributed by atoms with Crippen LogP contribution in [0.2, 0.25) is 0 Å². The van der Waals surface area contributed by atoms with E-state index >= 15 is 0 Å². The van der Waals surface area contributed by atoms with Crippen molar-refractivity contribution in [1.82, 2.24) is 0 Å². The number of rotatable bonds is 66. The minimum atomic E-state index is -1.51. The van der Waals surface area contributed by atoms with Gasteiger partial charge in [0.25, 0.3) is 6.29 Å². The van der Waals surface area contributed by atoms with Crippen molar-refractivity contribution < 1.29 is 42.9 Å². The van der Waals surface area contributed by atoms with Crippen molar-refractivity contribution >= 4 is 17.9 Å². The van der Waals surface area contributed by atoms with Crippen molar-refractivity contribution in [2.45, 2.75) is 360 Å². The Labute approximate surface area is 502 Å². The molecule has 0 aromatic heterocycles. The van der Waals surface area contributed by atoms with Gasteiger partial charge in [-0.3, -0.25) is 9.59 Å². The lowest BCUT2D eigenvalue weighted by Crippen LogP contribution is -2.40. The van der Waals surface area contributed by atoms with Crippen LogP contribution in [0.3, 0.4) is 0 Å². The average molecular weight is 1140 g/mol. The lowest BCUT2D eigenvalue weighted by molar-refractivity contribution is -0.870. The molecule has 0 aliphatic rings. The minimum absolute atomic E-state index is 0.177. The third-order valence-corrected chi connectivity index (χ3v) is 15.9. The molecular formula is C72H136NO8+. The maximum atomic E-state index is 12.9. The first-order valence-electron chi connectivity index (χ1n) is 35.2. The molecule has 0 aromatic rings. The van der Waals surface area contributed by atoms with Crippen molar-refractivity contribution in [3.63, 3.8) is 0 Å². The van der Waals surface area contributed by atoms with E-state index in [1.165, 1.54) is 276 Å². The highest BCUT2D eigenvalue weighted by atomic mass is 16.7. The molecule has 0 heterocycles. The molecule has 0 fully saturated rings. The zero-order chi connectivity index (χ0) is 59.1. The topological polar surface area (TPSA) is 108 Å². The summed E-state index contributed by atoms with van der Waals surface area (Å²) >= 11 is 0. The highest BCUT2D eigenvalue weighted by Crippen LogP contribution is 2.18. The van der Waals surface area contributed by atoms with Gasteiger partial charge in [-0.2, -0.15) is 0 Å². The molecule has 0 saturated carbocycles. The highest BCUT2D eigenvalue weighted by molar-refractivity contribution is 5.71. The molecule has 0 amide bonds. The van der Waals surface area contributed by atoms with Gasteiger partial charge >= 0.3 is 17.9 Å². The largest absolute Gasteiger partial charge is 0.477 e. The number of allylic oxidation sites excluding steroid dienone is 6. The molecule has 2 unspecified atom stereocenters. The van der Waals surface area contributed by atoms with Crippen LogP contribution in [-0.2, 0) is 33.3 Å². The molecular weight excluding hydrogens is 1010 g/mol. The van der Waals surface area contributed by atoms with Crippen molar-refractivity contribution in [2.24, 2.45) is 0 Å². The number of ether oxygens (including phenoxy) is 4. The lowest BCUT2D eigenvalue weighted by atomic mass is 10.0. The van der Waals surface area contributed by atoms with Gasteiger partial charge in [-0.15, -0.1) is 0 Å². The summed E-state index contributed by atoms with van der Waals surface area (Å²) in [6.07, 6.45) is 76.9. The molecule has 476 valence electrons. The fourth-order valence-electron chi connectivity index (χ4n) is 10.5. The van der Waals surface area contributed by atoms with E-state index in [1.54, 1.807) is 0 Å². The Morgan fingerprint density at radius 3 is 0.988 bits per heavy atom. The van der Waals surface area contributed by atoms with Gasteiger partial charge in [0, 0.05) is 12.8 Å². The predicted octanol–water partition coefficient (Wildman–Crippen LogP) is 21.6. The number of hydrogen-bond donors (Lipinski definition) is 1. The highest BCUT2D eigenvalue weighted by Gasteiger charge is 2.25. The SMILES string of the molecule is CCCCCCC/C=C\C/C=C\CCCCCCCCCCCCCCCCCCCC(=O)OC(COC(=O)CCCCCCCCCCCCCCCCC/C=C\CCCCCCCCCC)COC(OCC[N+](C)(C)C)C(=O)O. The van der Waals surface area contributed by atoms with Gasteiger partial charge in [-0.25, -0.2) is 4.79 Å². The number of nitrogens with zero attached hydrogens (tertiary/aromatic N) is 1. The van der Waals surface area contributed by atoms with E-state index in [-0.39, 0.29) is 38.2 Å². The predicted molar refractivity (Wildman–Crippen MR) is 346 cm³/mol. The Morgan fingerprint density at radius 2 is 0.667 bits per heavy atom. The molecule has 0 rings (SSSR count). The van der Waals surface area contributed by atoms with Gasteiger partial charge in [0.05, 0.1) is 34.4 Å². The van der Waals surface area contributed by atoms with Crippen LogP contribution in [-0.4, -0.2) is 87.4 Å². The molecule has 0 aliphatic carbocycles. The van der Waals surface area contributed by atoms with Gasteiger partial charge in [0.2, 0.25) is 0 Å². The Bertz CT molecular complexity index is 1420. The van der Waals surface area contributed by atoms with Crippen molar-refractivity contribution in [2.75, 3.05) is 47.5 Å². The maximum absolute atomic E-state index is 12.9. The zero-order valence-corrected chi connectivity index (χ0v) is 54.5. The van der Waals surface area contributed by atoms with E-state index in [9.17, 15) is 19.5 Å². The number of unbranched alkanes of at least 4 members (excludes halogenated alkanes) is 45. The van der Waals surface area contributed by atoms with Crippen molar-refractivity contribution in [3.05, 3.63) is 36.5 Å². The molecule has 0 saturated heterocycles. The first-order chi connectivity index (χ1) is 39.6. The molecule has 0 bridgehead atoms. The van der Waals surface area contributed by atoms with Crippen LogP contribution in [0.1, 0.15) is 348 Å². The quantitative estimate of drug-likeness (QED) is 0.0211. The van der Waals surface area contributed by atoms with Gasteiger partial charge < -0.3 is 28.5 Å². The van der Waals surface area contributed by atoms with Crippen LogP contribution in [0.5, 0.6) is 0 Å². The normalized spacial score (nSPS) is 12.9. The molecule has 0 aromatic carbocycles. The summed E-state index contributed by atoms with van der Waals surface area (Å²) in [6.45, 7) is 4.93. The van der Waals surface area contributed by atoms with Crippen LogP contribution in [0.4, 0.5) is 0 Å². The first kappa shape index (κ1) is 78.5. The number of hydrogen-bond acceptors (Lipinski definition) is 7. The number of esters is 2. The Balaban J connectivity index is 4.08. The molecule has 0 spiro atoms. The van der Waals surface area contributed by atoms with Crippen LogP contribution in [0, 0.1) is 0 Å². The van der Waals surface area contributed by atoms with E-state index in [0.29, 0.717) is 17.4 Å². The Morgan fingerprint density at radius 1 is 0.370 bits per heavy atom. The van der Waals surface area contributed by atoms with Crippen molar-refractivity contribution in [3.8, 4) is 0 Å². The fourth-order valence-corrected chi connectivity index (χ4v) is 10.5. The number of carboxylic acids is 1. The smallest absolute Gasteiger partial charge is 0.361 e. The number of likely N-dealkylation sites (N-methyl/N-ethyl adjacent to an activating group) is 1. The fraction of sp³-hybridized carbons (Fsp3) is 0.875. The third kappa shape index (κ3) is 64.9. The number of carbonyl (C=O) groups excluding carboxylic acids is 2. The molecule has 0 aliphatic heterocycles. The summed E-state index contributed by atoms with van der Waals surface area (Å²) in [5.41, 5.74) is 0. The minimum Gasteiger partial charge on any atom is -0.477 e. The summed E-state index contributed by atoms with van der Waals surface area (Å²) in [5, 5.41) is 9.75. The number of quaternary nitrogens is 1. The van der Waals surface area contributed by atoms with E-state index in [4.69, 9.17) is 18.9 Å². The van der Waals surface area contributed by atoms with Gasteiger partial charge in [-0.05, 0) is 70.6 Å². The van der Waals surface area contributed by atoms with E-state index < -0.39 is 18.4 Å². The number of carboxylic acid groups (broad SMARTS) is 1. The van der Waals surface area contributed by atoms with E-state index in [2.05, 4.69) is 50.3 Å². The average Bonchev–Trinajstić information content (AvgIpc) is 3.44. The Kier molecular flexibility index (Phi) is 61.6. The number of carbonyl (C=O) groups is 3. The summed E-state index contributed by atoms with van der Waals surface area (Å²) in [7, 11) is 5.99. The molecule has 9 nitrogen and oxygen atoms in total. The lowest BCUT2D eigenvalue weighted by Gasteiger charge is -2.25. The second-order valence-electron chi connectivity index (χ2n) is 25.2. The molecule has 1 N–H and O–H groups in total. The van der Waals surface area contributed by atoms with Crippen molar-refractivity contribution in [1.29, 1.82) is 0 Å². The summed E-state index contributed by atoms with van der Waals surface area (Å²) < 4.78 is 23.0. The van der Waals surface area contributed by atoms with E-state index in [1.807, 2.05) is 21.1 Å². The molecule has 2 atom stereocenters. The Hall–Kier alpha value is -2.49. The summed E-state index contributed by atoms with van der Waals surface area (Å²) in [4.78, 5) is 37.6. The monoisotopic (exact) mass is 1140 g/mol. The third-order valence-electron chi connectivity index (χ3n) is 15.9. The second-order valence-corrected chi connectivity index (χ2v) is 25.2. The van der Waals surface area contributed by atoms with Crippen LogP contribution >= 0.6 is 0 Å². The molecule has 9 heteroatoms.